The van der Waals surface area contributed by atoms with Crippen LogP contribution in [0.5, 0.6) is 0 Å². The van der Waals surface area contributed by atoms with Crippen molar-refractivity contribution in [2.24, 2.45) is 4.99 Å². The number of nitrogens with zero attached hydrogens (tertiary/aromatic N) is 2. The van der Waals surface area contributed by atoms with Crippen LogP contribution in [0.1, 0.15) is 49.3 Å². The van der Waals surface area contributed by atoms with Gasteiger partial charge in [-0.2, -0.15) is 21.6 Å². The molecule has 1 aliphatic heterocycles. The van der Waals surface area contributed by atoms with Crippen LogP contribution in [-0.4, -0.2) is 43.5 Å². The molecule has 0 fully saturated rings. The summed E-state index contributed by atoms with van der Waals surface area (Å²) in [6, 6.07) is 20.5. The normalized spacial score (nSPS) is 15.7. The molecule has 40 heavy (non-hydrogen) atoms. The zero-order valence-electron chi connectivity index (χ0n) is 22.2. The lowest BCUT2D eigenvalue weighted by molar-refractivity contribution is -0.115. The van der Waals surface area contributed by atoms with Crippen molar-refractivity contribution in [1.82, 2.24) is 4.90 Å². The number of amides is 1. The molecule has 0 aliphatic carbocycles. The minimum absolute atomic E-state index is 0.307. The van der Waals surface area contributed by atoms with Gasteiger partial charge < -0.3 is 5.32 Å². The molecule has 1 atom stereocenters. The Morgan fingerprint density at radius 3 is 2.23 bits per heavy atom. The van der Waals surface area contributed by atoms with Crippen LogP contribution in [0.15, 0.2) is 77.8 Å². The van der Waals surface area contributed by atoms with Crippen molar-refractivity contribution in [2.45, 2.75) is 44.7 Å². The molecule has 1 amide bonds. The maximum atomic E-state index is 13.2. The minimum atomic E-state index is -5.63. The van der Waals surface area contributed by atoms with E-state index in [0.717, 1.165) is 38.0 Å². The third kappa shape index (κ3) is 6.71. The number of halogens is 3. The van der Waals surface area contributed by atoms with Crippen molar-refractivity contribution in [3.63, 3.8) is 0 Å². The number of nitrogens with one attached hydrogen (secondary N) is 2. The second-order valence-corrected chi connectivity index (χ2v) is 11.3. The molecule has 3 aromatic carbocycles. The van der Waals surface area contributed by atoms with Crippen LogP contribution >= 0.6 is 0 Å². The average Bonchev–Trinajstić information content (AvgIpc) is 3.23. The number of hydrogen-bond acceptors (Lipinski definition) is 5. The number of carbonyl (C=O) groups is 1. The molecule has 0 saturated heterocycles. The van der Waals surface area contributed by atoms with Gasteiger partial charge in [0.25, 0.3) is 0 Å². The van der Waals surface area contributed by atoms with E-state index in [-0.39, 0.29) is 5.69 Å². The second kappa shape index (κ2) is 12.2. The lowest BCUT2D eigenvalue weighted by Crippen LogP contribution is -2.30. The van der Waals surface area contributed by atoms with Crippen molar-refractivity contribution in [3.8, 4) is 0 Å². The molecule has 3 aromatic rings. The van der Waals surface area contributed by atoms with E-state index in [9.17, 15) is 26.4 Å². The first-order chi connectivity index (χ1) is 19.0. The van der Waals surface area contributed by atoms with Crippen LogP contribution in [0, 0.1) is 0 Å². The monoisotopic (exact) mass is 572 g/mol. The SMILES string of the molecule is CCCN(CCC)Cc1ccc(N=C(c2ccccc2)C2C(=O)Nc3ccc(NS(=O)(=O)C(F)(F)F)cc32)cc1. The lowest BCUT2D eigenvalue weighted by Gasteiger charge is -2.21. The number of carbonyl (C=O) groups excluding carboxylic acids is 1. The van der Waals surface area contributed by atoms with Gasteiger partial charge in [-0.25, -0.2) is 0 Å². The Morgan fingerprint density at radius 2 is 1.62 bits per heavy atom. The highest BCUT2D eigenvalue weighted by molar-refractivity contribution is 7.93. The quantitative estimate of drug-likeness (QED) is 0.259. The van der Waals surface area contributed by atoms with Crippen LogP contribution in [0.4, 0.5) is 30.2 Å². The summed E-state index contributed by atoms with van der Waals surface area (Å²) in [7, 11) is -5.63. The number of sulfonamides is 1. The lowest BCUT2D eigenvalue weighted by atomic mass is 9.90. The summed E-state index contributed by atoms with van der Waals surface area (Å²) < 4.78 is 63.8. The molecular formula is C29H31F3N4O3S. The Kier molecular flexibility index (Phi) is 8.95. The van der Waals surface area contributed by atoms with Crippen LogP contribution in [0.25, 0.3) is 0 Å². The molecule has 2 N–H and O–H groups in total. The van der Waals surface area contributed by atoms with Gasteiger partial charge in [-0.05, 0) is 73.0 Å². The van der Waals surface area contributed by atoms with Gasteiger partial charge in [0, 0.05) is 17.9 Å². The van der Waals surface area contributed by atoms with Crippen LogP contribution in [0.2, 0.25) is 0 Å². The van der Waals surface area contributed by atoms with Crippen molar-refractivity contribution >= 4 is 38.7 Å². The Bertz CT molecular complexity index is 1470. The number of fused-ring (bicyclic) bond motifs is 1. The molecule has 0 spiro atoms. The summed E-state index contributed by atoms with van der Waals surface area (Å²) in [6.45, 7) is 7.12. The highest BCUT2D eigenvalue weighted by atomic mass is 32.2. The van der Waals surface area contributed by atoms with Crippen molar-refractivity contribution in [2.75, 3.05) is 23.1 Å². The fourth-order valence-electron chi connectivity index (χ4n) is 4.69. The number of rotatable bonds is 11. The van der Waals surface area contributed by atoms with Gasteiger partial charge in [-0.3, -0.25) is 19.4 Å². The highest BCUT2D eigenvalue weighted by Crippen LogP contribution is 2.38. The van der Waals surface area contributed by atoms with E-state index in [0.29, 0.717) is 28.2 Å². The fraction of sp³-hybridized carbons (Fsp3) is 0.310. The number of anilines is 2. The largest absolute Gasteiger partial charge is 0.516 e. The van der Waals surface area contributed by atoms with E-state index in [1.165, 1.54) is 18.2 Å². The number of aliphatic imine (C=N–C) groups is 1. The Hall–Kier alpha value is -3.70. The van der Waals surface area contributed by atoms with E-state index >= 15 is 0 Å². The smallest absolute Gasteiger partial charge is 0.325 e. The van der Waals surface area contributed by atoms with E-state index in [1.54, 1.807) is 29.0 Å². The van der Waals surface area contributed by atoms with E-state index in [1.807, 2.05) is 30.3 Å². The predicted octanol–water partition coefficient (Wildman–Crippen LogP) is 6.43. The molecule has 11 heteroatoms. The van der Waals surface area contributed by atoms with Gasteiger partial charge in [0.15, 0.2) is 0 Å². The summed E-state index contributed by atoms with van der Waals surface area (Å²) in [6.07, 6.45) is 2.13. The number of alkyl halides is 3. The van der Waals surface area contributed by atoms with Crippen LogP contribution < -0.4 is 10.0 Å². The zero-order valence-corrected chi connectivity index (χ0v) is 23.0. The third-order valence-electron chi connectivity index (χ3n) is 6.45. The van der Waals surface area contributed by atoms with E-state index < -0.39 is 27.4 Å². The van der Waals surface area contributed by atoms with Crippen molar-refractivity contribution < 1.29 is 26.4 Å². The maximum absolute atomic E-state index is 13.2. The first-order valence-corrected chi connectivity index (χ1v) is 14.5. The summed E-state index contributed by atoms with van der Waals surface area (Å²) in [5.74, 6) is -1.39. The van der Waals surface area contributed by atoms with Crippen LogP contribution in [-0.2, 0) is 21.4 Å². The second-order valence-electron chi connectivity index (χ2n) is 9.58. The molecule has 0 radical (unpaired) electrons. The first-order valence-electron chi connectivity index (χ1n) is 13.0. The van der Waals surface area contributed by atoms with Crippen LogP contribution in [0.3, 0.4) is 0 Å². The van der Waals surface area contributed by atoms with E-state index in [2.05, 4.69) is 24.1 Å². The van der Waals surface area contributed by atoms with Gasteiger partial charge in [-0.1, -0.05) is 56.3 Å². The van der Waals surface area contributed by atoms with E-state index in [4.69, 9.17) is 4.99 Å². The molecular weight excluding hydrogens is 541 g/mol. The average molecular weight is 573 g/mol. The number of hydrogen-bond donors (Lipinski definition) is 2. The summed E-state index contributed by atoms with van der Waals surface area (Å²) in [5.41, 5.74) is -2.32. The van der Waals surface area contributed by atoms with Crippen molar-refractivity contribution in [1.29, 1.82) is 0 Å². The zero-order chi connectivity index (χ0) is 28.9. The maximum Gasteiger partial charge on any atom is 0.516 e. The molecule has 1 heterocycles. The molecule has 1 aliphatic rings. The molecule has 1 unspecified atom stereocenters. The summed E-state index contributed by atoms with van der Waals surface area (Å²) >= 11 is 0. The molecule has 212 valence electrons. The first kappa shape index (κ1) is 29.3. The molecule has 0 bridgehead atoms. The molecule has 0 saturated carbocycles. The standard InChI is InChI=1S/C29H31F3N4O3S/c1-3-16-36(17-4-2)19-20-10-12-22(13-11-20)33-27(21-8-6-5-7-9-21)26-24-18-23(14-15-25(24)34-28(26)37)35-40(38,39)29(30,31)32/h5-15,18,26,35H,3-4,16-17,19H2,1-2H3,(H,34,37). The Morgan fingerprint density at radius 1 is 0.975 bits per heavy atom. The third-order valence-corrected chi connectivity index (χ3v) is 7.57. The van der Waals surface area contributed by atoms with Gasteiger partial charge in [0.05, 0.1) is 11.4 Å². The summed E-state index contributed by atoms with van der Waals surface area (Å²) in [4.78, 5) is 20.4. The predicted molar refractivity (Wildman–Crippen MR) is 151 cm³/mol. The minimum Gasteiger partial charge on any atom is -0.325 e. The van der Waals surface area contributed by atoms with Gasteiger partial charge in [0.2, 0.25) is 5.91 Å². The van der Waals surface area contributed by atoms with Gasteiger partial charge in [0.1, 0.15) is 5.92 Å². The molecule has 7 nitrogen and oxygen atoms in total. The Balaban J connectivity index is 1.71. The number of benzene rings is 3. The van der Waals surface area contributed by atoms with Gasteiger partial charge >= 0.3 is 15.5 Å². The summed E-state index contributed by atoms with van der Waals surface area (Å²) in [5, 5.41) is 2.73. The molecule has 4 rings (SSSR count). The van der Waals surface area contributed by atoms with Gasteiger partial charge in [-0.15, -0.1) is 0 Å². The highest BCUT2D eigenvalue weighted by Gasteiger charge is 2.46. The fourth-order valence-corrected chi connectivity index (χ4v) is 5.24. The Labute approximate surface area is 232 Å². The molecule has 0 aromatic heterocycles. The van der Waals surface area contributed by atoms with Crippen molar-refractivity contribution in [3.05, 3.63) is 89.5 Å². The topological polar surface area (TPSA) is 90.9 Å².